The second kappa shape index (κ2) is 3.31. The lowest BCUT2D eigenvalue weighted by molar-refractivity contribution is 0.601. The second-order valence-electron chi connectivity index (χ2n) is 2.21. The van der Waals surface area contributed by atoms with E-state index in [1.165, 1.54) is 12.4 Å². The van der Waals surface area contributed by atoms with Crippen molar-refractivity contribution < 1.29 is 8.42 Å². The first-order valence-corrected chi connectivity index (χ1v) is 5.61. The third-order valence-electron chi connectivity index (χ3n) is 1.30. The Labute approximate surface area is 82.6 Å². The number of nitrogens with zero attached hydrogens (tertiary/aromatic N) is 4. The van der Waals surface area contributed by atoms with Crippen molar-refractivity contribution in [2.75, 3.05) is 4.72 Å². The number of nitrogens with one attached hydrogen (secondary N) is 2. The topological polar surface area (TPSA) is 114 Å². The molecule has 0 saturated carbocycles. The van der Waals surface area contributed by atoms with Gasteiger partial charge >= 0.3 is 0 Å². The zero-order valence-corrected chi connectivity index (χ0v) is 8.21. The summed E-state index contributed by atoms with van der Waals surface area (Å²) in [6, 6.07) is 0. The fourth-order valence-corrected chi connectivity index (χ4v) is 2.22. The Balaban J connectivity index is 2.27. The normalized spacial score (nSPS) is 11.4. The fraction of sp³-hybridized carbons (Fsp3) is 0. The highest BCUT2D eigenvalue weighted by molar-refractivity contribution is 7.92. The Bertz CT molecular complexity index is 488. The first kappa shape index (κ1) is 9.02. The van der Waals surface area contributed by atoms with E-state index in [-0.39, 0.29) is 10.0 Å². The summed E-state index contributed by atoms with van der Waals surface area (Å²) in [6.45, 7) is 0. The van der Waals surface area contributed by atoms with Crippen molar-refractivity contribution >= 4 is 26.7 Å². The minimum atomic E-state index is -3.62. The number of anilines is 1. The largest absolute Gasteiger partial charge is 0.284 e. The van der Waals surface area contributed by atoms with E-state index in [0.717, 1.165) is 11.5 Å². The van der Waals surface area contributed by atoms with Crippen LogP contribution in [0.2, 0.25) is 0 Å². The molecule has 0 spiro atoms. The molecule has 0 fully saturated rings. The maximum Gasteiger partial charge on any atom is 0.266 e. The molecule has 2 rings (SSSR count). The molecule has 0 unspecified atom stereocenters. The summed E-state index contributed by atoms with van der Waals surface area (Å²) in [7, 11) is -3.62. The molecule has 0 atom stereocenters. The van der Waals surface area contributed by atoms with Crippen LogP contribution in [-0.4, -0.2) is 33.4 Å². The number of H-pyrrole nitrogens is 1. The molecule has 0 aliphatic rings. The Kier molecular flexibility index (Phi) is 2.13. The highest BCUT2D eigenvalue weighted by Crippen LogP contribution is 2.13. The lowest BCUT2D eigenvalue weighted by Crippen LogP contribution is -2.11. The van der Waals surface area contributed by atoms with Gasteiger partial charge < -0.3 is 0 Å². The van der Waals surface area contributed by atoms with Gasteiger partial charge in [-0.2, -0.15) is 5.10 Å². The van der Waals surface area contributed by atoms with Gasteiger partial charge in [0.25, 0.3) is 10.0 Å². The fourth-order valence-electron chi connectivity index (χ4n) is 0.733. The predicted molar refractivity (Wildman–Crippen MR) is 47.1 cm³/mol. The summed E-state index contributed by atoms with van der Waals surface area (Å²) < 4.78 is 28.6. The van der Waals surface area contributed by atoms with Crippen molar-refractivity contribution in [3.63, 3.8) is 0 Å². The zero-order chi connectivity index (χ0) is 10.0. The summed E-state index contributed by atoms with van der Waals surface area (Å²) in [6.07, 6.45) is 2.45. The molecule has 0 bridgehead atoms. The Morgan fingerprint density at radius 3 is 2.93 bits per heavy atom. The molecule has 0 radical (unpaired) electrons. The van der Waals surface area contributed by atoms with Crippen molar-refractivity contribution in [2.24, 2.45) is 0 Å². The molecule has 14 heavy (non-hydrogen) atoms. The first-order chi connectivity index (χ1) is 6.68. The molecule has 2 heterocycles. The van der Waals surface area contributed by atoms with Crippen molar-refractivity contribution in [3.8, 4) is 0 Å². The van der Waals surface area contributed by atoms with E-state index in [1.807, 2.05) is 0 Å². The van der Waals surface area contributed by atoms with Gasteiger partial charge in [-0.1, -0.05) is 9.59 Å². The van der Waals surface area contributed by atoms with Crippen molar-refractivity contribution in [1.29, 1.82) is 0 Å². The SMILES string of the molecule is O=S(=O)(Nc1nnns1)c1cn[nH]c1. The van der Waals surface area contributed by atoms with E-state index in [1.54, 1.807) is 0 Å². The van der Waals surface area contributed by atoms with Crippen LogP contribution in [0.1, 0.15) is 0 Å². The molecule has 74 valence electrons. The van der Waals surface area contributed by atoms with Crippen LogP contribution in [0.15, 0.2) is 17.3 Å². The monoisotopic (exact) mass is 232 g/mol. The maximum absolute atomic E-state index is 11.5. The third-order valence-corrected chi connectivity index (χ3v) is 3.25. The van der Waals surface area contributed by atoms with Gasteiger partial charge in [0.15, 0.2) is 0 Å². The van der Waals surface area contributed by atoms with Crippen LogP contribution in [0.5, 0.6) is 0 Å². The molecule has 0 amide bonds. The van der Waals surface area contributed by atoms with E-state index in [0.29, 0.717) is 0 Å². The maximum atomic E-state index is 11.5. The standard InChI is InChI=1S/C4H4N6O2S2/c11-14(12,3-1-5-6-2-3)8-4-7-9-10-13-4/h1-2H,(H,5,6)(H,7,8,10). The molecular formula is C4H4N6O2S2. The lowest BCUT2D eigenvalue weighted by atomic mass is 10.7. The van der Waals surface area contributed by atoms with Crippen LogP contribution in [0, 0.1) is 0 Å². The van der Waals surface area contributed by atoms with Gasteiger partial charge in [-0.05, 0) is 5.21 Å². The zero-order valence-electron chi connectivity index (χ0n) is 6.58. The molecule has 0 saturated heterocycles. The van der Waals surface area contributed by atoms with Crippen molar-refractivity contribution in [3.05, 3.63) is 12.4 Å². The highest BCUT2D eigenvalue weighted by atomic mass is 32.2. The molecule has 8 nitrogen and oxygen atoms in total. The van der Waals surface area contributed by atoms with Crippen LogP contribution >= 0.6 is 11.5 Å². The summed E-state index contributed by atoms with van der Waals surface area (Å²) in [4.78, 5) is 0.0349. The van der Waals surface area contributed by atoms with Gasteiger partial charge in [0.1, 0.15) is 4.90 Å². The van der Waals surface area contributed by atoms with Gasteiger partial charge in [0.05, 0.1) is 6.20 Å². The van der Waals surface area contributed by atoms with Crippen LogP contribution in [0.4, 0.5) is 5.13 Å². The molecule has 10 heteroatoms. The molecule has 2 aromatic heterocycles. The van der Waals surface area contributed by atoms with Crippen LogP contribution in [0.25, 0.3) is 0 Å². The smallest absolute Gasteiger partial charge is 0.266 e. The quantitative estimate of drug-likeness (QED) is 0.734. The van der Waals surface area contributed by atoms with Gasteiger partial charge in [0.2, 0.25) is 5.13 Å². The van der Waals surface area contributed by atoms with E-state index in [9.17, 15) is 8.42 Å². The van der Waals surface area contributed by atoms with Gasteiger partial charge in [0, 0.05) is 17.7 Å². The Hall–Kier alpha value is -1.55. The van der Waals surface area contributed by atoms with E-state index in [4.69, 9.17) is 0 Å². The number of hydrogen-bond acceptors (Lipinski definition) is 7. The number of aromatic amines is 1. The summed E-state index contributed by atoms with van der Waals surface area (Å²) in [5.74, 6) is 0. The average Bonchev–Trinajstić information content (AvgIpc) is 2.71. The van der Waals surface area contributed by atoms with Gasteiger partial charge in [-0.15, -0.1) is 0 Å². The van der Waals surface area contributed by atoms with Gasteiger partial charge in [-0.3, -0.25) is 9.82 Å². The number of rotatable bonds is 3. The highest BCUT2D eigenvalue weighted by Gasteiger charge is 2.16. The second-order valence-corrected chi connectivity index (χ2v) is 4.62. The molecule has 0 aromatic carbocycles. The molecular weight excluding hydrogens is 228 g/mol. The number of sulfonamides is 1. The third kappa shape index (κ3) is 1.70. The van der Waals surface area contributed by atoms with Gasteiger partial charge in [-0.25, -0.2) is 8.42 Å². The van der Waals surface area contributed by atoms with E-state index < -0.39 is 10.0 Å². The first-order valence-electron chi connectivity index (χ1n) is 3.35. The van der Waals surface area contributed by atoms with Crippen molar-refractivity contribution in [2.45, 2.75) is 4.90 Å². The van der Waals surface area contributed by atoms with E-state index in [2.05, 4.69) is 29.7 Å². The minimum absolute atomic E-state index is 0.0349. The average molecular weight is 232 g/mol. The van der Waals surface area contributed by atoms with Crippen LogP contribution in [0.3, 0.4) is 0 Å². The molecule has 0 aliphatic heterocycles. The predicted octanol–water partition coefficient (Wildman–Crippen LogP) is -0.543. The summed E-state index contributed by atoms with van der Waals surface area (Å²) >= 11 is 0.854. The molecule has 2 aromatic rings. The summed E-state index contributed by atoms with van der Waals surface area (Å²) in [5, 5.41) is 12.7. The van der Waals surface area contributed by atoms with Crippen LogP contribution < -0.4 is 4.72 Å². The Morgan fingerprint density at radius 1 is 1.50 bits per heavy atom. The van der Waals surface area contributed by atoms with E-state index >= 15 is 0 Å². The van der Waals surface area contributed by atoms with Crippen LogP contribution in [-0.2, 0) is 10.0 Å². The number of hydrogen-bond donors (Lipinski definition) is 2. The molecule has 2 N–H and O–H groups in total. The minimum Gasteiger partial charge on any atom is -0.284 e. The Morgan fingerprint density at radius 2 is 2.36 bits per heavy atom. The molecule has 0 aliphatic carbocycles. The summed E-state index contributed by atoms with van der Waals surface area (Å²) in [5.41, 5.74) is 0. The number of aromatic nitrogens is 5. The lowest BCUT2D eigenvalue weighted by Gasteiger charge is -1.99. The van der Waals surface area contributed by atoms with Crippen molar-refractivity contribution in [1.82, 2.24) is 25.0 Å².